The summed E-state index contributed by atoms with van der Waals surface area (Å²) in [5.41, 5.74) is 2.90. The molecule has 3 aromatic rings. The number of nitrogens with one attached hydrogen (secondary N) is 1. The molecule has 1 N–H and O–H groups in total. The molecule has 1 fully saturated rings. The molecule has 0 spiro atoms. The van der Waals surface area contributed by atoms with Crippen LogP contribution in [0.4, 0.5) is 0 Å². The molecule has 1 aliphatic heterocycles. The lowest BCUT2D eigenvalue weighted by Gasteiger charge is -2.31. The normalized spacial score (nSPS) is 14.4. The first kappa shape index (κ1) is 21.3. The molecule has 160 valence electrons. The quantitative estimate of drug-likeness (QED) is 0.582. The first-order valence-electron chi connectivity index (χ1n) is 10.5. The molecule has 0 bridgehead atoms. The number of piperidine rings is 1. The number of nitrogens with zero attached hydrogens (tertiary/aromatic N) is 3. The molecule has 7 heteroatoms. The Morgan fingerprint density at radius 2 is 1.77 bits per heavy atom. The van der Waals surface area contributed by atoms with E-state index in [0.717, 1.165) is 15.6 Å². The van der Waals surface area contributed by atoms with Gasteiger partial charge in [0, 0.05) is 48.0 Å². The monoisotopic (exact) mass is 480 g/mol. The predicted octanol–water partition coefficient (Wildman–Crippen LogP) is 3.86. The highest BCUT2D eigenvalue weighted by Crippen LogP contribution is 2.20. The number of carbonyl (C=O) groups excluding carboxylic acids is 2. The Balaban J connectivity index is 1.26. The largest absolute Gasteiger partial charge is 0.352 e. The number of aromatic nitrogens is 2. The van der Waals surface area contributed by atoms with E-state index in [4.69, 9.17) is 0 Å². The molecule has 4 rings (SSSR count). The third kappa shape index (κ3) is 5.61. The average Bonchev–Trinajstić information content (AvgIpc) is 3.31. The molecule has 0 radical (unpaired) electrons. The van der Waals surface area contributed by atoms with Gasteiger partial charge in [0.05, 0.1) is 6.54 Å². The Morgan fingerprint density at radius 1 is 1.03 bits per heavy atom. The molecular formula is C24H25BrN4O2. The standard InChI is InChI=1S/C24H25BrN4O2/c25-22-7-5-21(6-8-22)24(31)28-13-9-20(10-14-28)23(30)26-16-18-3-1-4-19(15-18)17-29-12-2-11-27-29/h1-8,11-12,15,20H,9-10,13-14,16-17H2,(H,26,30). The third-order valence-electron chi connectivity index (χ3n) is 5.61. The van der Waals surface area contributed by atoms with Crippen molar-refractivity contribution in [1.29, 1.82) is 0 Å². The van der Waals surface area contributed by atoms with Gasteiger partial charge in [0.2, 0.25) is 5.91 Å². The van der Waals surface area contributed by atoms with E-state index >= 15 is 0 Å². The predicted molar refractivity (Wildman–Crippen MR) is 122 cm³/mol. The molecule has 0 unspecified atom stereocenters. The van der Waals surface area contributed by atoms with Gasteiger partial charge in [-0.15, -0.1) is 0 Å². The van der Waals surface area contributed by atoms with Gasteiger partial charge in [-0.25, -0.2) is 0 Å². The summed E-state index contributed by atoms with van der Waals surface area (Å²) in [4.78, 5) is 27.1. The van der Waals surface area contributed by atoms with Crippen LogP contribution < -0.4 is 5.32 Å². The maximum Gasteiger partial charge on any atom is 0.253 e. The summed E-state index contributed by atoms with van der Waals surface area (Å²) >= 11 is 3.39. The number of hydrogen-bond acceptors (Lipinski definition) is 3. The zero-order chi connectivity index (χ0) is 21.6. The van der Waals surface area contributed by atoms with Crippen molar-refractivity contribution >= 4 is 27.7 Å². The van der Waals surface area contributed by atoms with E-state index in [-0.39, 0.29) is 17.7 Å². The van der Waals surface area contributed by atoms with Crippen LogP contribution in [0.25, 0.3) is 0 Å². The topological polar surface area (TPSA) is 67.2 Å². The lowest BCUT2D eigenvalue weighted by atomic mass is 9.95. The van der Waals surface area contributed by atoms with Crippen LogP contribution in [0, 0.1) is 5.92 Å². The van der Waals surface area contributed by atoms with E-state index in [0.29, 0.717) is 44.6 Å². The van der Waals surface area contributed by atoms with Gasteiger partial charge in [-0.3, -0.25) is 14.3 Å². The second-order valence-electron chi connectivity index (χ2n) is 7.81. The summed E-state index contributed by atoms with van der Waals surface area (Å²) in [6.45, 7) is 2.42. The SMILES string of the molecule is O=C(NCc1cccc(Cn2cccn2)c1)C1CCN(C(=O)c2ccc(Br)cc2)CC1. The Bertz CT molecular complexity index is 1030. The van der Waals surface area contributed by atoms with E-state index < -0.39 is 0 Å². The van der Waals surface area contributed by atoms with Crippen molar-refractivity contribution in [3.8, 4) is 0 Å². The molecular weight excluding hydrogens is 456 g/mol. The smallest absolute Gasteiger partial charge is 0.253 e. The molecule has 0 atom stereocenters. The number of amides is 2. The molecule has 0 aliphatic carbocycles. The summed E-state index contributed by atoms with van der Waals surface area (Å²) in [7, 11) is 0. The minimum absolute atomic E-state index is 0.0281. The Morgan fingerprint density at radius 3 is 2.48 bits per heavy atom. The fraction of sp³-hybridized carbons (Fsp3) is 0.292. The molecule has 1 aliphatic rings. The van der Waals surface area contributed by atoms with Crippen LogP contribution in [0.3, 0.4) is 0 Å². The summed E-state index contributed by atoms with van der Waals surface area (Å²) < 4.78 is 2.83. The number of likely N-dealkylation sites (tertiary alicyclic amines) is 1. The molecule has 2 aromatic carbocycles. The number of halogens is 1. The van der Waals surface area contributed by atoms with Crippen molar-refractivity contribution in [1.82, 2.24) is 20.0 Å². The van der Waals surface area contributed by atoms with E-state index in [1.54, 1.807) is 6.20 Å². The fourth-order valence-electron chi connectivity index (χ4n) is 3.87. The second kappa shape index (κ2) is 9.92. The van der Waals surface area contributed by atoms with Gasteiger partial charge in [-0.2, -0.15) is 5.10 Å². The zero-order valence-electron chi connectivity index (χ0n) is 17.2. The summed E-state index contributed by atoms with van der Waals surface area (Å²) in [6, 6.07) is 17.5. The number of hydrogen-bond donors (Lipinski definition) is 1. The molecule has 1 saturated heterocycles. The molecule has 2 amide bonds. The van der Waals surface area contributed by atoms with Crippen LogP contribution in [0.1, 0.15) is 34.3 Å². The van der Waals surface area contributed by atoms with Crippen molar-refractivity contribution < 1.29 is 9.59 Å². The highest BCUT2D eigenvalue weighted by molar-refractivity contribution is 9.10. The highest BCUT2D eigenvalue weighted by Gasteiger charge is 2.27. The number of carbonyl (C=O) groups is 2. The van der Waals surface area contributed by atoms with Crippen LogP contribution in [0.2, 0.25) is 0 Å². The maximum atomic E-state index is 12.7. The highest BCUT2D eigenvalue weighted by atomic mass is 79.9. The van der Waals surface area contributed by atoms with Crippen LogP contribution in [-0.2, 0) is 17.9 Å². The van der Waals surface area contributed by atoms with Gasteiger partial charge in [-0.05, 0) is 54.3 Å². The minimum atomic E-state index is -0.0544. The summed E-state index contributed by atoms with van der Waals surface area (Å²) in [6.07, 6.45) is 5.07. The first-order valence-corrected chi connectivity index (χ1v) is 11.3. The van der Waals surface area contributed by atoms with E-state index in [1.807, 2.05) is 58.2 Å². The molecule has 2 heterocycles. The fourth-order valence-corrected chi connectivity index (χ4v) is 4.14. The summed E-state index contributed by atoms with van der Waals surface area (Å²) in [5, 5.41) is 7.30. The van der Waals surface area contributed by atoms with Gasteiger partial charge in [0.1, 0.15) is 0 Å². The Kier molecular flexibility index (Phi) is 6.82. The lowest BCUT2D eigenvalue weighted by Crippen LogP contribution is -2.42. The van der Waals surface area contributed by atoms with E-state index in [9.17, 15) is 9.59 Å². The Labute approximate surface area is 190 Å². The Hall–Kier alpha value is -2.93. The van der Waals surface area contributed by atoms with Crippen molar-refractivity contribution in [3.63, 3.8) is 0 Å². The van der Waals surface area contributed by atoms with Crippen molar-refractivity contribution in [2.45, 2.75) is 25.9 Å². The molecule has 6 nitrogen and oxygen atoms in total. The zero-order valence-corrected chi connectivity index (χ0v) is 18.8. The van der Waals surface area contributed by atoms with Crippen LogP contribution in [-0.4, -0.2) is 39.6 Å². The molecule has 1 aromatic heterocycles. The number of benzene rings is 2. The maximum absolute atomic E-state index is 12.7. The van der Waals surface area contributed by atoms with Crippen LogP contribution in [0.15, 0.2) is 71.5 Å². The van der Waals surface area contributed by atoms with Gasteiger partial charge < -0.3 is 10.2 Å². The number of rotatable bonds is 6. The molecule has 31 heavy (non-hydrogen) atoms. The van der Waals surface area contributed by atoms with E-state index in [1.165, 1.54) is 0 Å². The van der Waals surface area contributed by atoms with Gasteiger partial charge in [-0.1, -0.05) is 40.2 Å². The lowest BCUT2D eigenvalue weighted by molar-refractivity contribution is -0.126. The molecule has 0 saturated carbocycles. The summed E-state index contributed by atoms with van der Waals surface area (Å²) in [5.74, 6) is 0.0369. The van der Waals surface area contributed by atoms with Gasteiger partial charge in [0.25, 0.3) is 5.91 Å². The van der Waals surface area contributed by atoms with Gasteiger partial charge >= 0.3 is 0 Å². The van der Waals surface area contributed by atoms with Crippen LogP contribution >= 0.6 is 15.9 Å². The second-order valence-corrected chi connectivity index (χ2v) is 8.73. The van der Waals surface area contributed by atoms with Crippen molar-refractivity contribution in [3.05, 3.63) is 88.2 Å². The van der Waals surface area contributed by atoms with E-state index in [2.05, 4.69) is 38.5 Å². The van der Waals surface area contributed by atoms with Crippen LogP contribution in [0.5, 0.6) is 0 Å². The van der Waals surface area contributed by atoms with Crippen molar-refractivity contribution in [2.75, 3.05) is 13.1 Å². The minimum Gasteiger partial charge on any atom is -0.352 e. The van der Waals surface area contributed by atoms with Gasteiger partial charge in [0.15, 0.2) is 0 Å². The first-order chi connectivity index (χ1) is 15.1. The third-order valence-corrected chi connectivity index (χ3v) is 6.13. The van der Waals surface area contributed by atoms with Crippen molar-refractivity contribution in [2.24, 2.45) is 5.92 Å². The average molecular weight is 481 g/mol.